The first-order chi connectivity index (χ1) is 10.1. The van der Waals surface area contributed by atoms with Crippen LogP contribution in [-0.2, 0) is 4.79 Å². The molecule has 0 saturated carbocycles. The molecule has 22 heavy (non-hydrogen) atoms. The van der Waals surface area contributed by atoms with Gasteiger partial charge in [-0.3, -0.25) is 4.79 Å². The molecule has 0 aromatic heterocycles. The predicted molar refractivity (Wildman–Crippen MR) is 82.3 cm³/mol. The third-order valence-electron chi connectivity index (χ3n) is 3.40. The molecular formula is C15H21ClF2N2O2. The number of carbonyl (C=O) groups is 1. The van der Waals surface area contributed by atoms with E-state index in [1.54, 1.807) is 6.92 Å². The Kier molecular flexibility index (Phi) is 7.55. The van der Waals surface area contributed by atoms with Crippen LogP contribution in [0.3, 0.4) is 0 Å². The van der Waals surface area contributed by atoms with Gasteiger partial charge < -0.3 is 15.4 Å². The smallest absolute Gasteiger partial charge is 0.237 e. The van der Waals surface area contributed by atoms with Crippen molar-refractivity contribution in [2.45, 2.75) is 38.3 Å². The lowest BCUT2D eigenvalue weighted by atomic mass is 10.0. The van der Waals surface area contributed by atoms with E-state index >= 15 is 0 Å². The summed E-state index contributed by atoms with van der Waals surface area (Å²) in [6.07, 6.45) is 2.95. The number of nitrogens with one attached hydrogen (secondary N) is 2. The van der Waals surface area contributed by atoms with Crippen LogP contribution in [0.5, 0.6) is 5.75 Å². The molecule has 2 N–H and O–H groups in total. The number of benzene rings is 1. The third kappa shape index (κ3) is 5.42. The molecule has 1 fully saturated rings. The van der Waals surface area contributed by atoms with E-state index in [-0.39, 0.29) is 42.8 Å². The number of halogens is 3. The van der Waals surface area contributed by atoms with E-state index < -0.39 is 11.6 Å². The molecule has 1 aliphatic rings. The zero-order valence-electron chi connectivity index (χ0n) is 12.4. The molecule has 124 valence electrons. The zero-order valence-corrected chi connectivity index (χ0v) is 13.2. The van der Waals surface area contributed by atoms with Crippen LogP contribution in [0.1, 0.15) is 26.2 Å². The summed E-state index contributed by atoms with van der Waals surface area (Å²) in [5.41, 5.74) is 0. The van der Waals surface area contributed by atoms with E-state index in [1.807, 2.05) is 0 Å². The van der Waals surface area contributed by atoms with Crippen LogP contribution >= 0.6 is 12.4 Å². The number of ether oxygens (including phenoxy) is 1. The molecule has 0 aliphatic carbocycles. The third-order valence-corrected chi connectivity index (χ3v) is 3.40. The molecule has 0 spiro atoms. The van der Waals surface area contributed by atoms with Crippen molar-refractivity contribution >= 4 is 18.3 Å². The Morgan fingerprint density at radius 2 is 2.23 bits per heavy atom. The summed E-state index contributed by atoms with van der Waals surface area (Å²) in [5.74, 6) is -1.48. The fourth-order valence-electron chi connectivity index (χ4n) is 2.27. The normalized spacial score (nSPS) is 19.0. The minimum atomic E-state index is -0.748. The van der Waals surface area contributed by atoms with Gasteiger partial charge in [-0.05, 0) is 38.4 Å². The maximum atomic E-state index is 13.4. The van der Waals surface area contributed by atoms with Crippen molar-refractivity contribution in [1.29, 1.82) is 0 Å². The van der Waals surface area contributed by atoms with Crippen molar-refractivity contribution in [2.24, 2.45) is 0 Å². The van der Waals surface area contributed by atoms with Crippen LogP contribution in [-0.4, -0.2) is 31.1 Å². The molecule has 1 amide bonds. The summed E-state index contributed by atoms with van der Waals surface area (Å²) < 4.78 is 31.4. The lowest BCUT2D eigenvalue weighted by Crippen LogP contribution is -2.50. The summed E-state index contributed by atoms with van der Waals surface area (Å²) >= 11 is 0. The van der Waals surface area contributed by atoms with Gasteiger partial charge >= 0.3 is 0 Å². The molecule has 0 bridgehead atoms. The monoisotopic (exact) mass is 334 g/mol. The Morgan fingerprint density at radius 1 is 1.45 bits per heavy atom. The van der Waals surface area contributed by atoms with Crippen LogP contribution in [0.4, 0.5) is 8.78 Å². The SMILES string of the molecule is CC(COc1ccc(F)cc1F)NC(=O)C1CCCCN1.Cl. The van der Waals surface area contributed by atoms with Crippen LogP contribution in [0.15, 0.2) is 18.2 Å². The van der Waals surface area contributed by atoms with Crippen molar-refractivity contribution < 1.29 is 18.3 Å². The van der Waals surface area contributed by atoms with E-state index in [0.717, 1.165) is 37.9 Å². The van der Waals surface area contributed by atoms with Crippen molar-refractivity contribution in [2.75, 3.05) is 13.2 Å². The number of hydrogen-bond acceptors (Lipinski definition) is 3. The van der Waals surface area contributed by atoms with Crippen molar-refractivity contribution in [3.05, 3.63) is 29.8 Å². The Morgan fingerprint density at radius 3 is 2.86 bits per heavy atom. The Hall–Kier alpha value is -1.40. The fraction of sp³-hybridized carbons (Fsp3) is 0.533. The zero-order chi connectivity index (χ0) is 15.2. The van der Waals surface area contributed by atoms with Crippen LogP contribution < -0.4 is 15.4 Å². The largest absolute Gasteiger partial charge is 0.488 e. The maximum absolute atomic E-state index is 13.4. The van der Waals surface area contributed by atoms with E-state index in [4.69, 9.17) is 4.74 Å². The lowest BCUT2D eigenvalue weighted by molar-refractivity contribution is -0.124. The average Bonchev–Trinajstić information content (AvgIpc) is 2.47. The lowest BCUT2D eigenvalue weighted by Gasteiger charge is -2.24. The van der Waals surface area contributed by atoms with Crippen molar-refractivity contribution in [3.8, 4) is 5.75 Å². The Bertz CT molecular complexity index is 496. The fourth-order valence-corrected chi connectivity index (χ4v) is 2.27. The Labute approximate surface area is 135 Å². The second-order valence-corrected chi connectivity index (χ2v) is 5.30. The standard InChI is InChI=1S/C15H20F2N2O2.ClH/c1-10(19-15(20)13-4-2-3-7-18-13)9-21-14-6-5-11(16)8-12(14)17;/h5-6,8,10,13,18H,2-4,7,9H2,1H3,(H,19,20);1H. The minimum Gasteiger partial charge on any atom is -0.488 e. The van der Waals surface area contributed by atoms with Gasteiger partial charge in [0.1, 0.15) is 12.4 Å². The van der Waals surface area contributed by atoms with Gasteiger partial charge in [0.2, 0.25) is 5.91 Å². The molecule has 1 aliphatic heterocycles. The van der Waals surface area contributed by atoms with E-state index in [0.29, 0.717) is 0 Å². The van der Waals surface area contributed by atoms with Gasteiger partial charge in [-0.25, -0.2) is 8.78 Å². The number of carbonyl (C=O) groups excluding carboxylic acids is 1. The first-order valence-corrected chi connectivity index (χ1v) is 7.18. The summed E-state index contributed by atoms with van der Waals surface area (Å²) in [7, 11) is 0. The molecular weight excluding hydrogens is 314 g/mol. The van der Waals surface area contributed by atoms with Gasteiger partial charge in [0.05, 0.1) is 12.1 Å². The summed E-state index contributed by atoms with van der Waals surface area (Å²) in [5, 5.41) is 5.99. The molecule has 1 heterocycles. The van der Waals surface area contributed by atoms with Gasteiger partial charge in [0.15, 0.2) is 11.6 Å². The van der Waals surface area contributed by atoms with E-state index in [1.165, 1.54) is 6.07 Å². The Balaban J connectivity index is 0.00000242. The second kappa shape index (κ2) is 8.90. The molecule has 1 saturated heterocycles. The first kappa shape index (κ1) is 18.6. The maximum Gasteiger partial charge on any atom is 0.237 e. The molecule has 2 unspecified atom stereocenters. The minimum absolute atomic E-state index is 0. The highest BCUT2D eigenvalue weighted by molar-refractivity contribution is 5.85. The number of piperidine rings is 1. The van der Waals surface area contributed by atoms with Gasteiger partial charge in [-0.1, -0.05) is 6.42 Å². The van der Waals surface area contributed by atoms with Gasteiger partial charge in [0, 0.05) is 6.07 Å². The highest BCUT2D eigenvalue weighted by Crippen LogP contribution is 2.17. The molecule has 1 aromatic carbocycles. The highest BCUT2D eigenvalue weighted by Gasteiger charge is 2.21. The van der Waals surface area contributed by atoms with Crippen molar-refractivity contribution in [1.82, 2.24) is 10.6 Å². The van der Waals surface area contributed by atoms with Gasteiger partial charge in [-0.15, -0.1) is 12.4 Å². The molecule has 4 nitrogen and oxygen atoms in total. The van der Waals surface area contributed by atoms with E-state index in [2.05, 4.69) is 10.6 Å². The quantitative estimate of drug-likeness (QED) is 0.869. The summed E-state index contributed by atoms with van der Waals surface area (Å²) in [4.78, 5) is 12.0. The number of rotatable bonds is 5. The predicted octanol–water partition coefficient (Wildman–Crippen LogP) is 2.41. The first-order valence-electron chi connectivity index (χ1n) is 7.18. The highest BCUT2D eigenvalue weighted by atomic mass is 35.5. The van der Waals surface area contributed by atoms with Gasteiger partial charge in [0.25, 0.3) is 0 Å². The van der Waals surface area contributed by atoms with Crippen LogP contribution in [0, 0.1) is 11.6 Å². The topological polar surface area (TPSA) is 50.4 Å². The number of amides is 1. The van der Waals surface area contributed by atoms with Crippen LogP contribution in [0.2, 0.25) is 0 Å². The molecule has 0 radical (unpaired) electrons. The van der Waals surface area contributed by atoms with E-state index in [9.17, 15) is 13.6 Å². The van der Waals surface area contributed by atoms with Gasteiger partial charge in [-0.2, -0.15) is 0 Å². The van der Waals surface area contributed by atoms with Crippen LogP contribution in [0.25, 0.3) is 0 Å². The molecule has 7 heteroatoms. The molecule has 2 atom stereocenters. The molecule has 2 rings (SSSR count). The summed E-state index contributed by atoms with van der Waals surface area (Å²) in [6.45, 7) is 2.76. The average molecular weight is 335 g/mol. The summed E-state index contributed by atoms with van der Waals surface area (Å²) in [6, 6.07) is 2.72. The number of hydrogen-bond donors (Lipinski definition) is 2. The van der Waals surface area contributed by atoms with Crippen molar-refractivity contribution in [3.63, 3.8) is 0 Å². The molecule has 1 aromatic rings. The second-order valence-electron chi connectivity index (χ2n) is 5.30.